The molecular weight excluding hydrogens is 408 g/mol. The van der Waals surface area contributed by atoms with Crippen LogP contribution in [0.3, 0.4) is 0 Å². The van der Waals surface area contributed by atoms with Gasteiger partial charge in [-0.05, 0) is 44.0 Å². The second-order valence-corrected chi connectivity index (χ2v) is 9.36. The predicted molar refractivity (Wildman–Crippen MR) is 99.8 cm³/mol. The van der Waals surface area contributed by atoms with Gasteiger partial charge in [0, 0.05) is 29.2 Å². The van der Waals surface area contributed by atoms with Gasteiger partial charge in [-0.1, -0.05) is 15.9 Å². The third kappa shape index (κ3) is 4.24. The first-order valence-corrected chi connectivity index (χ1v) is 10.7. The number of fused-ring (bicyclic) bond motifs is 1. The summed E-state index contributed by atoms with van der Waals surface area (Å²) in [5, 5.41) is 3.00. The number of sulfonamides is 1. The van der Waals surface area contributed by atoms with E-state index >= 15 is 0 Å². The Morgan fingerprint density at radius 1 is 1.36 bits per heavy atom. The van der Waals surface area contributed by atoms with Crippen molar-refractivity contribution in [2.45, 2.75) is 25.8 Å². The van der Waals surface area contributed by atoms with Gasteiger partial charge in [-0.2, -0.15) is 0 Å². The minimum Gasteiger partial charge on any atom is -0.488 e. The molecule has 1 N–H and O–H groups in total. The highest BCUT2D eigenvalue weighted by atomic mass is 79.9. The van der Waals surface area contributed by atoms with Crippen molar-refractivity contribution in [3.8, 4) is 5.75 Å². The van der Waals surface area contributed by atoms with Crippen molar-refractivity contribution in [2.24, 2.45) is 0 Å². The molecule has 0 atom stereocenters. The summed E-state index contributed by atoms with van der Waals surface area (Å²) in [6.45, 7) is 2.79. The minimum atomic E-state index is -3.15. The normalized spacial score (nSPS) is 18.9. The number of halogens is 1. The fraction of sp³-hybridized carbons (Fsp3) is 0.471. The number of benzene rings is 1. The topological polar surface area (TPSA) is 75.7 Å². The van der Waals surface area contributed by atoms with Gasteiger partial charge in [-0.3, -0.25) is 4.79 Å². The van der Waals surface area contributed by atoms with E-state index in [9.17, 15) is 13.2 Å². The van der Waals surface area contributed by atoms with E-state index in [0.29, 0.717) is 31.5 Å². The van der Waals surface area contributed by atoms with Crippen LogP contribution in [0.1, 0.15) is 25.3 Å². The molecule has 2 heterocycles. The third-order valence-electron chi connectivity index (χ3n) is 4.52. The maximum absolute atomic E-state index is 12.5. The van der Waals surface area contributed by atoms with Gasteiger partial charge in [-0.15, -0.1) is 0 Å². The monoisotopic (exact) mass is 428 g/mol. The minimum absolute atomic E-state index is 0.0133. The van der Waals surface area contributed by atoms with Crippen LogP contribution in [-0.2, 0) is 14.8 Å². The number of carbonyl (C=O) groups excluding carboxylic acids is 1. The molecule has 1 amide bonds. The number of hydrogen-bond acceptors (Lipinski definition) is 4. The zero-order chi connectivity index (χ0) is 18.0. The fourth-order valence-electron chi connectivity index (χ4n) is 3.02. The molecule has 0 unspecified atom stereocenters. The van der Waals surface area contributed by atoms with Crippen molar-refractivity contribution in [1.29, 1.82) is 0 Å². The van der Waals surface area contributed by atoms with Crippen LogP contribution in [0.2, 0.25) is 0 Å². The van der Waals surface area contributed by atoms with E-state index in [2.05, 4.69) is 21.2 Å². The summed E-state index contributed by atoms with van der Waals surface area (Å²) in [5.74, 6) is 0.726. The molecule has 0 spiro atoms. The molecule has 25 heavy (non-hydrogen) atoms. The number of ether oxygens (including phenoxy) is 1. The molecular formula is C17H21BrN2O4S. The van der Waals surface area contributed by atoms with Gasteiger partial charge in [0.15, 0.2) is 0 Å². The summed E-state index contributed by atoms with van der Waals surface area (Å²) in [4.78, 5) is 12.5. The number of carbonyl (C=O) groups is 1. The second-order valence-electron chi connectivity index (χ2n) is 6.19. The Morgan fingerprint density at radius 2 is 2.08 bits per heavy atom. The van der Waals surface area contributed by atoms with E-state index in [1.165, 1.54) is 4.31 Å². The number of nitrogens with zero attached hydrogens (tertiary/aromatic N) is 1. The highest BCUT2D eigenvalue weighted by molar-refractivity contribution is 9.10. The molecule has 1 saturated heterocycles. The van der Waals surface area contributed by atoms with Crippen LogP contribution in [0.25, 0.3) is 6.08 Å². The molecule has 0 aliphatic carbocycles. The molecule has 0 radical (unpaired) electrons. The quantitative estimate of drug-likeness (QED) is 0.796. The molecule has 1 aromatic rings. The van der Waals surface area contributed by atoms with E-state index in [-0.39, 0.29) is 24.3 Å². The first-order chi connectivity index (χ1) is 11.9. The number of piperidine rings is 1. The van der Waals surface area contributed by atoms with Crippen molar-refractivity contribution < 1.29 is 17.9 Å². The molecule has 0 saturated carbocycles. The number of hydrogen-bond donors (Lipinski definition) is 1. The van der Waals surface area contributed by atoms with Crippen molar-refractivity contribution >= 4 is 37.9 Å². The van der Waals surface area contributed by atoms with Crippen LogP contribution in [0.5, 0.6) is 5.75 Å². The SMILES string of the molecule is CCS(=O)(=O)N1CCC(NC(=O)C2=Cc3cc(Br)ccc3OC2)CC1. The largest absolute Gasteiger partial charge is 0.488 e. The number of nitrogens with one attached hydrogen (secondary N) is 1. The predicted octanol–water partition coefficient (Wildman–Crippen LogP) is 2.16. The molecule has 8 heteroatoms. The van der Waals surface area contributed by atoms with Crippen LogP contribution in [-0.4, -0.2) is 50.1 Å². The van der Waals surface area contributed by atoms with Gasteiger partial charge < -0.3 is 10.1 Å². The Balaban J connectivity index is 1.61. The van der Waals surface area contributed by atoms with Gasteiger partial charge in [0.2, 0.25) is 10.0 Å². The smallest absolute Gasteiger partial charge is 0.250 e. The Bertz CT molecular complexity index is 799. The maximum atomic E-state index is 12.5. The van der Waals surface area contributed by atoms with Gasteiger partial charge >= 0.3 is 0 Å². The van der Waals surface area contributed by atoms with E-state index < -0.39 is 10.0 Å². The Labute approximate surface area is 156 Å². The van der Waals surface area contributed by atoms with E-state index in [1.54, 1.807) is 6.92 Å². The first-order valence-electron chi connectivity index (χ1n) is 8.30. The molecule has 1 aromatic carbocycles. The Hall–Kier alpha value is -1.38. The molecule has 6 nitrogen and oxygen atoms in total. The molecule has 1 fully saturated rings. The molecule has 2 aliphatic rings. The van der Waals surface area contributed by atoms with Crippen molar-refractivity contribution in [3.05, 3.63) is 33.8 Å². The zero-order valence-electron chi connectivity index (χ0n) is 14.0. The average Bonchev–Trinajstić information content (AvgIpc) is 2.61. The van der Waals surface area contributed by atoms with Gasteiger partial charge in [0.05, 0.1) is 11.3 Å². The van der Waals surface area contributed by atoms with Crippen LogP contribution in [0, 0.1) is 0 Å². The van der Waals surface area contributed by atoms with E-state index in [4.69, 9.17) is 4.74 Å². The molecule has 2 aliphatic heterocycles. The lowest BCUT2D eigenvalue weighted by Gasteiger charge is -2.31. The fourth-order valence-corrected chi connectivity index (χ4v) is 4.53. The molecule has 0 aromatic heterocycles. The molecule has 3 rings (SSSR count). The van der Waals surface area contributed by atoms with Crippen molar-refractivity contribution in [2.75, 3.05) is 25.4 Å². The average molecular weight is 429 g/mol. The van der Waals surface area contributed by atoms with Crippen molar-refractivity contribution in [1.82, 2.24) is 9.62 Å². The van der Waals surface area contributed by atoms with Gasteiger partial charge in [-0.25, -0.2) is 12.7 Å². The lowest BCUT2D eigenvalue weighted by molar-refractivity contribution is -0.118. The van der Waals surface area contributed by atoms with Crippen molar-refractivity contribution in [3.63, 3.8) is 0 Å². The third-order valence-corrected chi connectivity index (χ3v) is 6.90. The van der Waals surface area contributed by atoms with Crippen LogP contribution >= 0.6 is 15.9 Å². The highest BCUT2D eigenvalue weighted by Gasteiger charge is 2.28. The second kappa shape index (κ2) is 7.47. The maximum Gasteiger partial charge on any atom is 0.250 e. The summed E-state index contributed by atoms with van der Waals surface area (Å²) in [5.41, 5.74) is 1.45. The zero-order valence-corrected chi connectivity index (χ0v) is 16.4. The van der Waals surface area contributed by atoms with Gasteiger partial charge in [0.25, 0.3) is 5.91 Å². The summed E-state index contributed by atoms with van der Waals surface area (Å²) >= 11 is 3.42. The number of amides is 1. The van der Waals surface area contributed by atoms with Crippen LogP contribution in [0.4, 0.5) is 0 Å². The summed E-state index contributed by atoms with van der Waals surface area (Å²) < 4.78 is 31.8. The lowest BCUT2D eigenvalue weighted by Crippen LogP contribution is -2.47. The van der Waals surface area contributed by atoms with Crippen LogP contribution in [0.15, 0.2) is 28.2 Å². The number of rotatable bonds is 4. The van der Waals surface area contributed by atoms with Crippen LogP contribution < -0.4 is 10.1 Å². The molecule has 136 valence electrons. The van der Waals surface area contributed by atoms with E-state index in [0.717, 1.165) is 15.8 Å². The van der Waals surface area contributed by atoms with Gasteiger partial charge in [0.1, 0.15) is 12.4 Å². The summed E-state index contributed by atoms with van der Waals surface area (Å²) in [7, 11) is -3.15. The summed E-state index contributed by atoms with van der Waals surface area (Å²) in [6, 6.07) is 5.67. The van der Waals surface area contributed by atoms with E-state index in [1.807, 2.05) is 24.3 Å². The summed E-state index contributed by atoms with van der Waals surface area (Å²) in [6.07, 6.45) is 3.10. The Kier molecular flexibility index (Phi) is 5.50. The standard InChI is InChI=1S/C17H21BrN2O4S/c1-2-25(22,23)20-7-5-15(6-8-20)19-17(21)13-9-12-10-14(18)3-4-16(12)24-11-13/h3-4,9-10,15H,2,5-8,11H2,1H3,(H,19,21). The molecule has 0 bridgehead atoms. The first kappa shape index (κ1) is 18.4. The lowest BCUT2D eigenvalue weighted by atomic mass is 10.0. The Morgan fingerprint density at radius 3 is 2.76 bits per heavy atom. The highest BCUT2D eigenvalue weighted by Crippen LogP contribution is 2.29.